The fourth-order valence-electron chi connectivity index (χ4n) is 2.57. The highest BCUT2D eigenvalue weighted by atomic mass is 79.9. The molecular formula is C14H15Br2N3. The molecule has 1 saturated heterocycles. The Labute approximate surface area is 129 Å². The maximum Gasteiger partial charge on any atom is 0.112 e. The number of alkyl halides is 1. The molecule has 3 rings (SSSR count). The van der Waals surface area contributed by atoms with Crippen LogP contribution in [0.1, 0.15) is 12.8 Å². The third-order valence-corrected chi connectivity index (χ3v) is 5.05. The SMILES string of the molecule is BrCC1CCN(c2ccnc3cc(Br)cnc23)CC1. The molecule has 1 aliphatic heterocycles. The van der Waals surface area contributed by atoms with Crippen LogP contribution in [-0.4, -0.2) is 28.4 Å². The quantitative estimate of drug-likeness (QED) is 0.732. The summed E-state index contributed by atoms with van der Waals surface area (Å²) in [6, 6.07) is 4.11. The van der Waals surface area contributed by atoms with Crippen LogP contribution < -0.4 is 4.90 Å². The number of rotatable bonds is 2. The largest absolute Gasteiger partial charge is 0.370 e. The Hall–Kier alpha value is -0.680. The standard InChI is InChI=1S/C14H15Br2N3/c15-8-10-2-5-19(6-3-10)13-1-4-17-12-7-11(16)9-18-14(12)13/h1,4,7,9-10H,2-3,5-6,8H2. The first kappa shape index (κ1) is 13.3. The van der Waals surface area contributed by atoms with Crippen molar-refractivity contribution >= 4 is 48.6 Å². The summed E-state index contributed by atoms with van der Waals surface area (Å²) in [6.07, 6.45) is 6.21. The second kappa shape index (κ2) is 5.75. The third kappa shape index (κ3) is 2.77. The number of piperidine rings is 1. The van der Waals surface area contributed by atoms with E-state index in [-0.39, 0.29) is 0 Å². The van der Waals surface area contributed by atoms with E-state index >= 15 is 0 Å². The fraction of sp³-hybridized carbons (Fsp3) is 0.429. The van der Waals surface area contributed by atoms with Crippen LogP contribution in [0.3, 0.4) is 0 Å². The normalized spacial score (nSPS) is 17.1. The summed E-state index contributed by atoms with van der Waals surface area (Å²) in [5.74, 6) is 0.812. The number of anilines is 1. The van der Waals surface area contributed by atoms with Gasteiger partial charge in [-0.3, -0.25) is 9.97 Å². The predicted octanol–water partition coefficient (Wildman–Crippen LogP) is 4.00. The highest BCUT2D eigenvalue weighted by molar-refractivity contribution is 9.10. The van der Waals surface area contributed by atoms with E-state index < -0.39 is 0 Å². The minimum atomic E-state index is 0.812. The van der Waals surface area contributed by atoms with Crippen molar-refractivity contribution in [3.8, 4) is 0 Å². The van der Waals surface area contributed by atoms with Crippen LogP contribution in [-0.2, 0) is 0 Å². The lowest BCUT2D eigenvalue weighted by Gasteiger charge is -2.33. The van der Waals surface area contributed by atoms with Crippen LogP contribution >= 0.6 is 31.9 Å². The Bertz CT molecular complexity index is 580. The van der Waals surface area contributed by atoms with Gasteiger partial charge in [-0.15, -0.1) is 0 Å². The molecule has 0 aromatic carbocycles. The van der Waals surface area contributed by atoms with Crippen molar-refractivity contribution in [1.29, 1.82) is 0 Å². The highest BCUT2D eigenvalue weighted by Gasteiger charge is 2.20. The number of nitrogens with zero attached hydrogens (tertiary/aromatic N) is 3. The molecule has 0 atom stereocenters. The molecular weight excluding hydrogens is 370 g/mol. The molecule has 0 spiro atoms. The van der Waals surface area contributed by atoms with Gasteiger partial charge in [0.1, 0.15) is 5.52 Å². The monoisotopic (exact) mass is 383 g/mol. The Morgan fingerprint density at radius 1 is 1.26 bits per heavy atom. The molecule has 1 fully saturated rings. The summed E-state index contributed by atoms with van der Waals surface area (Å²) in [7, 11) is 0. The summed E-state index contributed by atoms with van der Waals surface area (Å²) in [5, 5.41) is 1.11. The van der Waals surface area contributed by atoms with Crippen molar-refractivity contribution in [1.82, 2.24) is 9.97 Å². The molecule has 0 bridgehead atoms. The Morgan fingerprint density at radius 3 is 2.79 bits per heavy atom. The van der Waals surface area contributed by atoms with Crippen molar-refractivity contribution in [2.75, 3.05) is 23.3 Å². The molecule has 0 aliphatic carbocycles. The predicted molar refractivity (Wildman–Crippen MR) is 86.0 cm³/mol. The van der Waals surface area contributed by atoms with Gasteiger partial charge in [0.15, 0.2) is 0 Å². The molecule has 3 heterocycles. The van der Waals surface area contributed by atoms with E-state index in [1.165, 1.54) is 18.5 Å². The van der Waals surface area contributed by atoms with Crippen molar-refractivity contribution in [2.24, 2.45) is 5.92 Å². The minimum absolute atomic E-state index is 0.812. The number of hydrogen-bond donors (Lipinski definition) is 0. The maximum absolute atomic E-state index is 4.53. The molecule has 0 amide bonds. The Balaban J connectivity index is 1.93. The maximum atomic E-state index is 4.53. The van der Waals surface area contributed by atoms with Gasteiger partial charge in [0.05, 0.1) is 11.2 Å². The van der Waals surface area contributed by atoms with Gasteiger partial charge < -0.3 is 4.90 Å². The second-order valence-corrected chi connectivity index (χ2v) is 6.50. The van der Waals surface area contributed by atoms with Gasteiger partial charge in [0, 0.05) is 35.3 Å². The second-order valence-electron chi connectivity index (χ2n) is 4.94. The fourth-order valence-corrected chi connectivity index (χ4v) is 3.54. The molecule has 0 unspecified atom stereocenters. The highest BCUT2D eigenvalue weighted by Crippen LogP contribution is 2.29. The Morgan fingerprint density at radius 2 is 2.05 bits per heavy atom. The van der Waals surface area contributed by atoms with Crippen LogP contribution in [0.2, 0.25) is 0 Å². The first-order valence-corrected chi connectivity index (χ1v) is 8.40. The zero-order valence-corrected chi connectivity index (χ0v) is 13.7. The smallest absolute Gasteiger partial charge is 0.112 e. The molecule has 0 radical (unpaired) electrons. The minimum Gasteiger partial charge on any atom is -0.370 e. The number of halogens is 2. The lowest BCUT2D eigenvalue weighted by atomic mass is 9.98. The van der Waals surface area contributed by atoms with Gasteiger partial charge >= 0.3 is 0 Å². The van der Waals surface area contributed by atoms with Gasteiger partial charge in [-0.25, -0.2) is 0 Å². The van der Waals surface area contributed by atoms with Gasteiger partial charge in [-0.05, 0) is 46.8 Å². The van der Waals surface area contributed by atoms with E-state index in [9.17, 15) is 0 Å². The molecule has 2 aromatic rings. The summed E-state index contributed by atoms with van der Waals surface area (Å²) < 4.78 is 0.975. The average Bonchev–Trinajstić information content (AvgIpc) is 2.46. The van der Waals surface area contributed by atoms with Crippen LogP contribution in [0, 0.1) is 5.92 Å². The van der Waals surface area contributed by atoms with E-state index in [0.717, 1.165) is 39.8 Å². The van der Waals surface area contributed by atoms with Crippen molar-refractivity contribution in [3.63, 3.8) is 0 Å². The lowest BCUT2D eigenvalue weighted by molar-refractivity contribution is 0.447. The van der Waals surface area contributed by atoms with Crippen LogP contribution in [0.4, 0.5) is 5.69 Å². The summed E-state index contributed by atoms with van der Waals surface area (Å²) in [4.78, 5) is 11.4. The summed E-state index contributed by atoms with van der Waals surface area (Å²) in [5.41, 5.74) is 3.17. The van der Waals surface area contributed by atoms with Crippen LogP contribution in [0.5, 0.6) is 0 Å². The molecule has 19 heavy (non-hydrogen) atoms. The first-order chi connectivity index (χ1) is 9.28. The van der Waals surface area contributed by atoms with Gasteiger partial charge in [-0.2, -0.15) is 0 Å². The topological polar surface area (TPSA) is 29.0 Å². The summed E-state index contributed by atoms with van der Waals surface area (Å²) >= 11 is 7.04. The Kier molecular flexibility index (Phi) is 4.03. The van der Waals surface area contributed by atoms with E-state index in [1.807, 2.05) is 18.5 Å². The number of aromatic nitrogens is 2. The van der Waals surface area contributed by atoms with E-state index in [1.54, 1.807) is 0 Å². The van der Waals surface area contributed by atoms with Gasteiger partial charge in [0.25, 0.3) is 0 Å². The van der Waals surface area contributed by atoms with E-state index in [0.29, 0.717) is 0 Å². The zero-order valence-electron chi connectivity index (χ0n) is 10.5. The molecule has 5 heteroatoms. The number of hydrogen-bond acceptors (Lipinski definition) is 3. The van der Waals surface area contributed by atoms with Crippen LogP contribution in [0.15, 0.2) is 29.0 Å². The van der Waals surface area contributed by atoms with Crippen molar-refractivity contribution < 1.29 is 0 Å². The average molecular weight is 385 g/mol. The van der Waals surface area contributed by atoms with E-state index in [4.69, 9.17) is 0 Å². The molecule has 1 aliphatic rings. The third-order valence-electron chi connectivity index (χ3n) is 3.70. The van der Waals surface area contributed by atoms with Crippen molar-refractivity contribution in [2.45, 2.75) is 12.8 Å². The summed E-state index contributed by atoms with van der Waals surface area (Å²) in [6.45, 7) is 2.21. The molecule has 2 aromatic heterocycles. The number of fused-ring (bicyclic) bond motifs is 1. The van der Waals surface area contributed by atoms with E-state index in [2.05, 4.69) is 52.8 Å². The molecule has 100 valence electrons. The molecule has 3 nitrogen and oxygen atoms in total. The lowest BCUT2D eigenvalue weighted by Crippen LogP contribution is -2.34. The molecule has 0 N–H and O–H groups in total. The van der Waals surface area contributed by atoms with Crippen molar-refractivity contribution in [3.05, 3.63) is 29.0 Å². The zero-order chi connectivity index (χ0) is 13.2. The van der Waals surface area contributed by atoms with Crippen LogP contribution in [0.25, 0.3) is 11.0 Å². The number of pyridine rings is 2. The molecule has 0 saturated carbocycles. The first-order valence-electron chi connectivity index (χ1n) is 6.49. The van der Waals surface area contributed by atoms with Gasteiger partial charge in [-0.1, -0.05) is 15.9 Å². The van der Waals surface area contributed by atoms with Gasteiger partial charge in [0.2, 0.25) is 0 Å².